The van der Waals surface area contributed by atoms with Crippen molar-refractivity contribution < 1.29 is 23.8 Å². The van der Waals surface area contributed by atoms with E-state index < -0.39 is 11.6 Å². The summed E-state index contributed by atoms with van der Waals surface area (Å²) in [5.74, 6) is -0.365. The fourth-order valence-corrected chi connectivity index (χ4v) is 2.60. The summed E-state index contributed by atoms with van der Waals surface area (Å²) >= 11 is 0. The number of carbonyl (C=O) groups excluding carboxylic acids is 2. The Morgan fingerprint density at radius 3 is 2.44 bits per heavy atom. The van der Waals surface area contributed by atoms with Crippen LogP contribution in [0.4, 0.5) is 5.69 Å². The molecule has 25 heavy (non-hydrogen) atoms. The van der Waals surface area contributed by atoms with E-state index in [0.717, 1.165) is 19.3 Å². The van der Waals surface area contributed by atoms with Crippen LogP contribution in [0.25, 0.3) is 0 Å². The van der Waals surface area contributed by atoms with Gasteiger partial charge in [-0.1, -0.05) is 26.2 Å². The topological polar surface area (TPSA) is 73.9 Å². The molecule has 0 fully saturated rings. The van der Waals surface area contributed by atoms with Crippen molar-refractivity contribution in [1.82, 2.24) is 0 Å². The molecule has 0 spiro atoms. The average Bonchev–Trinajstić information content (AvgIpc) is 2.61. The van der Waals surface area contributed by atoms with E-state index in [4.69, 9.17) is 14.2 Å². The molecule has 0 radical (unpaired) electrons. The van der Waals surface area contributed by atoms with Gasteiger partial charge in [0.2, 0.25) is 0 Å². The first-order valence-electron chi connectivity index (χ1n) is 8.63. The Morgan fingerprint density at radius 2 is 1.88 bits per heavy atom. The minimum atomic E-state index is -0.907. The number of unbranched alkanes of at least 4 members (excludes halogenated alkanes) is 2. The van der Waals surface area contributed by atoms with E-state index in [0.29, 0.717) is 24.5 Å². The van der Waals surface area contributed by atoms with Crippen molar-refractivity contribution in [2.45, 2.75) is 52.1 Å². The van der Waals surface area contributed by atoms with Crippen LogP contribution in [0.2, 0.25) is 0 Å². The Bertz CT molecular complexity index is 587. The standard InChI is InChI=1S/C19H29NO5/c1-6-8-9-12-19(3,25-7-2)18(22)20-14-10-11-16(23-4)15(13-14)17(21)24-5/h10-11,13H,6-9,12H2,1-5H3,(H,20,22)/t19-/m0/s1. The highest BCUT2D eigenvalue weighted by atomic mass is 16.5. The highest BCUT2D eigenvalue weighted by Gasteiger charge is 2.33. The lowest BCUT2D eigenvalue weighted by molar-refractivity contribution is -0.139. The number of benzene rings is 1. The van der Waals surface area contributed by atoms with Crippen molar-refractivity contribution in [3.63, 3.8) is 0 Å². The zero-order valence-electron chi connectivity index (χ0n) is 15.8. The SMILES string of the molecule is CCCCC[C@](C)(OCC)C(=O)Nc1ccc(OC)c(C(=O)OC)c1. The predicted molar refractivity (Wildman–Crippen MR) is 97.1 cm³/mol. The number of rotatable bonds is 10. The molecule has 0 aliphatic rings. The molecule has 0 saturated carbocycles. The van der Waals surface area contributed by atoms with Crippen LogP contribution in [0.5, 0.6) is 5.75 Å². The van der Waals surface area contributed by atoms with Gasteiger partial charge in [-0.05, 0) is 38.5 Å². The molecule has 0 bridgehead atoms. The maximum absolute atomic E-state index is 12.7. The first-order chi connectivity index (χ1) is 11.9. The number of amides is 1. The molecule has 1 aromatic carbocycles. The van der Waals surface area contributed by atoms with Gasteiger partial charge >= 0.3 is 5.97 Å². The maximum atomic E-state index is 12.7. The van der Waals surface area contributed by atoms with Gasteiger partial charge in [-0.2, -0.15) is 0 Å². The lowest BCUT2D eigenvalue weighted by Crippen LogP contribution is -2.42. The molecule has 1 aromatic rings. The van der Waals surface area contributed by atoms with Gasteiger partial charge in [0.15, 0.2) is 0 Å². The molecular weight excluding hydrogens is 322 g/mol. The fraction of sp³-hybridized carbons (Fsp3) is 0.579. The van der Waals surface area contributed by atoms with Gasteiger partial charge in [-0.15, -0.1) is 0 Å². The van der Waals surface area contributed by atoms with E-state index in [-0.39, 0.29) is 11.5 Å². The van der Waals surface area contributed by atoms with Crippen LogP contribution >= 0.6 is 0 Å². The minimum Gasteiger partial charge on any atom is -0.496 e. The number of anilines is 1. The molecule has 6 nitrogen and oxygen atoms in total. The zero-order valence-corrected chi connectivity index (χ0v) is 15.8. The van der Waals surface area contributed by atoms with Crippen LogP contribution in [0.1, 0.15) is 56.8 Å². The van der Waals surface area contributed by atoms with Gasteiger partial charge in [0.05, 0.1) is 14.2 Å². The number of hydrogen-bond donors (Lipinski definition) is 1. The van der Waals surface area contributed by atoms with E-state index in [1.807, 2.05) is 6.92 Å². The summed E-state index contributed by atoms with van der Waals surface area (Å²) in [6, 6.07) is 4.85. The number of hydrogen-bond acceptors (Lipinski definition) is 5. The van der Waals surface area contributed by atoms with Crippen molar-refractivity contribution >= 4 is 17.6 Å². The van der Waals surface area contributed by atoms with Gasteiger partial charge in [0.1, 0.15) is 16.9 Å². The second kappa shape index (κ2) is 10.0. The van der Waals surface area contributed by atoms with Crippen LogP contribution in [-0.4, -0.2) is 38.3 Å². The van der Waals surface area contributed by atoms with E-state index in [9.17, 15) is 9.59 Å². The Balaban J connectivity index is 2.97. The number of esters is 1. The summed E-state index contributed by atoms with van der Waals surface area (Å²) in [4.78, 5) is 24.6. The molecule has 1 amide bonds. The highest BCUT2D eigenvalue weighted by molar-refractivity contribution is 5.99. The first-order valence-corrected chi connectivity index (χ1v) is 8.63. The third-order valence-electron chi connectivity index (χ3n) is 4.06. The molecule has 0 unspecified atom stereocenters. The third kappa shape index (κ3) is 5.74. The van der Waals surface area contributed by atoms with Crippen molar-refractivity contribution in [2.75, 3.05) is 26.1 Å². The van der Waals surface area contributed by atoms with Gasteiger partial charge in [0, 0.05) is 12.3 Å². The lowest BCUT2D eigenvalue weighted by atomic mass is 9.96. The third-order valence-corrected chi connectivity index (χ3v) is 4.06. The average molecular weight is 351 g/mol. The van der Waals surface area contributed by atoms with Crippen LogP contribution in [0.15, 0.2) is 18.2 Å². The van der Waals surface area contributed by atoms with Crippen molar-refractivity contribution in [1.29, 1.82) is 0 Å². The second-order valence-electron chi connectivity index (χ2n) is 5.98. The van der Waals surface area contributed by atoms with Gasteiger partial charge in [-0.3, -0.25) is 4.79 Å². The second-order valence-corrected chi connectivity index (χ2v) is 5.98. The lowest BCUT2D eigenvalue weighted by Gasteiger charge is -2.28. The fourth-order valence-electron chi connectivity index (χ4n) is 2.60. The maximum Gasteiger partial charge on any atom is 0.341 e. The van der Waals surface area contributed by atoms with Crippen LogP contribution in [0.3, 0.4) is 0 Å². The molecule has 0 aliphatic heterocycles. The molecule has 1 N–H and O–H groups in total. The van der Waals surface area contributed by atoms with Crippen molar-refractivity contribution in [3.8, 4) is 5.75 Å². The molecule has 0 saturated heterocycles. The summed E-state index contributed by atoms with van der Waals surface area (Å²) < 4.78 is 15.6. The summed E-state index contributed by atoms with van der Waals surface area (Å²) in [6.45, 7) is 6.23. The van der Waals surface area contributed by atoms with E-state index >= 15 is 0 Å². The van der Waals surface area contributed by atoms with Gasteiger partial charge < -0.3 is 19.5 Å². The van der Waals surface area contributed by atoms with Crippen LogP contribution < -0.4 is 10.1 Å². The number of methoxy groups -OCH3 is 2. The quantitative estimate of drug-likeness (QED) is 0.513. The van der Waals surface area contributed by atoms with Crippen LogP contribution in [0, 0.1) is 0 Å². The number of carbonyl (C=O) groups is 2. The largest absolute Gasteiger partial charge is 0.496 e. The Labute approximate surface area is 149 Å². The van der Waals surface area contributed by atoms with E-state index in [1.54, 1.807) is 25.1 Å². The Kier molecular flexibility index (Phi) is 8.41. The molecule has 1 atom stereocenters. The predicted octanol–water partition coefficient (Wildman–Crippen LogP) is 3.80. The first kappa shape index (κ1) is 21.0. The minimum absolute atomic E-state index is 0.230. The Morgan fingerprint density at radius 1 is 1.16 bits per heavy atom. The van der Waals surface area contributed by atoms with Gasteiger partial charge in [-0.25, -0.2) is 4.79 Å². The molecule has 0 aromatic heterocycles. The zero-order chi connectivity index (χ0) is 18.9. The number of nitrogens with one attached hydrogen (secondary N) is 1. The summed E-state index contributed by atoms with van der Waals surface area (Å²) in [5.41, 5.74) is -0.158. The molecule has 1 rings (SSSR count). The van der Waals surface area contributed by atoms with Crippen LogP contribution in [-0.2, 0) is 14.3 Å². The highest BCUT2D eigenvalue weighted by Crippen LogP contribution is 2.26. The molecule has 140 valence electrons. The van der Waals surface area contributed by atoms with Crippen molar-refractivity contribution in [2.24, 2.45) is 0 Å². The summed E-state index contributed by atoms with van der Waals surface area (Å²) in [6.07, 6.45) is 3.67. The summed E-state index contributed by atoms with van der Waals surface area (Å²) in [5, 5.41) is 2.84. The molecular formula is C19H29NO5. The number of ether oxygens (including phenoxy) is 3. The Hall–Kier alpha value is -2.08. The van der Waals surface area contributed by atoms with E-state index in [2.05, 4.69) is 12.2 Å². The molecule has 0 heterocycles. The normalized spacial score (nSPS) is 13.0. The summed E-state index contributed by atoms with van der Waals surface area (Å²) in [7, 11) is 2.77. The smallest absolute Gasteiger partial charge is 0.341 e. The molecule has 6 heteroatoms. The van der Waals surface area contributed by atoms with Crippen molar-refractivity contribution in [3.05, 3.63) is 23.8 Å². The van der Waals surface area contributed by atoms with Gasteiger partial charge in [0.25, 0.3) is 5.91 Å². The monoisotopic (exact) mass is 351 g/mol. The van der Waals surface area contributed by atoms with E-state index in [1.165, 1.54) is 14.2 Å². The molecule has 0 aliphatic carbocycles.